The van der Waals surface area contributed by atoms with Crippen LogP contribution >= 0.6 is 0 Å². The third-order valence-electron chi connectivity index (χ3n) is 1.58. The Morgan fingerprint density at radius 3 is 2.36 bits per heavy atom. The molecule has 0 N–H and O–H groups in total. The maximum atomic E-state index is 5.46. The second kappa shape index (κ2) is 5.29. The van der Waals surface area contributed by atoms with E-state index in [2.05, 4.69) is 12.1 Å². The monoisotopic (exact) mass is 209 g/mol. The van der Waals surface area contributed by atoms with Crippen molar-refractivity contribution in [1.82, 2.24) is 0 Å². The standard InChI is InChI=1S/C11H17O2Si/c1-11(2,3)12-9-13-14-10-7-5-4-6-8-10/h4-8,14H,9H2,1-3H3. The molecule has 0 atom stereocenters. The fraction of sp³-hybridized carbons (Fsp3) is 0.455. The highest BCUT2D eigenvalue weighted by Gasteiger charge is 2.09. The van der Waals surface area contributed by atoms with Crippen LogP contribution in [0.5, 0.6) is 0 Å². The molecule has 0 aromatic heterocycles. The van der Waals surface area contributed by atoms with Crippen LogP contribution in [0.2, 0.25) is 0 Å². The minimum atomic E-state index is -0.120. The average Bonchev–Trinajstić information content (AvgIpc) is 2.13. The summed E-state index contributed by atoms with van der Waals surface area (Å²) in [4.78, 5) is 0. The summed E-state index contributed by atoms with van der Waals surface area (Å²) in [5.74, 6) is 0. The lowest BCUT2D eigenvalue weighted by molar-refractivity contribution is -0.0747. The van der Waals surface area contributed by atoms with Gasteiger partial charge < -0.3 is 9.16 Å². The van der Waals surface area contributed by atoms with Crippen LogP contribution in [0.3, 0.4) is 0 Å². The largest absolute Gasteiger partial charge is 0.393 e. The lowest BCUT2D eigenvalue weighted by Gasteiger charge is -2.19. The predicted molar refractivity (Wildman–Crippen MR) is 60.0 cm³/mol. The van der Waals surface area contributed by atoms with Crippen molar-refractivity contribution in [2.75, 3.05) is 6.79 Å². The molecule has 0 aliphatic carbocycles. The molecule has 1 radical (unpaired) electrons. The molecule has 0 unspecified atom stereocenters. The van der Waals surface area contributed by atoms with E-state index >= 15 is 0 Å². The Kier molecular flexibility index (Phi) is 4.32. The Morgan fingerprint density at radius 1 is 1.14 bits per heavy atom. The van der Waals surface area contributed by atoms with Gasteiger partial charge in [-0.15, -0.1) is 0 Å². The number of ether oxygens (including phenoxy) is 1. The zero-order valence-electron chi connectivity index (χ0n) is 8.99. The summed E-state index contributed by atoms with van der Waals surface area (Å²) in [5, 5.41) is 1.25. The highest BCUT2D eigenvalue weighted by molar-refractivity contribution is 6.46. The molecule has 0 saturated carbocycles. The van der Waals surface area contributed by atoms with Gasteiger partial charge in [0.1, 0.15) is 6.79 Å². The van der Waals surface area contributed by atoms with Crippen molar-refractivity contribution in [2.45, 2.75) is 26.4 Å². The Hall–Kier alpha value is -0.643. The van der Waals surface area contributed by atoms with Crippen LogP contribution in [0.1, 0.15) is 20.8 Å². The van der Waals surface area contributed by atoms with E-state index in [0.717, 1.165) is 0 Å². The van der Waals surface area contributed by atoms with Crippen molar-refractivity contribution in [3.05, 3.63) is 30.3 Å². The van der Waals surface area contributed by atoms with E-state index in [1.165, 1.54) is 5.19 Å². The van der Waals surface area contributed by atoms with Gasteiger partial charge in [-0.05, 0) is 26.0 Å². The van der Waals surface area contributed by atoms with Gasteiger partial charge in [0.05, 0.1) is 5.60 Å². The molecule has 1 aromatic rings. The summed E-state index contributed by atoms with van der Waals surface area (Å²) in [6.07, 6.45) is 0. The topological polar surface area (TPSA) is 18.5 Å². The minimum absolute atomic E-state index is 0.115. The van der Waals surface area contributed by atoms with E-state index in [9.17, 15) is 0 Å². The van der Waals surface area contributed by atoms with Crippen LogP contribution < -0.4 is 5.19 Å². The molecule has 2 nitrogen and oxygen atoms in total. The summed E-state index contributed by atoms with van der Waals surface area (Å²) in [6, 6.07) is 10.2. The van der Waals surface area contributed by atoms with Gasteiger partial charge in [-0.1, -0.05) is 30.3 Å². The Balaban J connectivity index is 2.17. The SMILES string of the molecule is CC(C)(C)OCO[SiH]c1ccccc1. The first kappa shape index (κ1) is 11.4. The third kappa shape index (κ3) is 5.17. The fourth-order valence-electron chi connectivity index (χ4n) is 0.873. The maximum absolute atomic E-state index is 5.46. The molecular formula is C11H17O2Si. The first-order valence-electron chi connectivity index (χ1n) is 4.72. The van der Waals surface area contributed by atoms with Crippen molar-refractivity contribution in [3.63, 3.8) is 0 Å². The lowest BCUT2D eigenvalue weighted by atomic mass is 10.2. The normalized spacial score (nSPS) is 11.6. The van der Waals surface area contributed by atoms with Crippen LogP contribution in [-0.2, 0) is 9.16 Å². The molecule has 14 heavy (non-hydrogen) atoms. The van der Waals surface area contributed by atoms with Crippen LogP contribution in [0.25, 0.3) is 0 Å². The van der Waals surface area contributed by atoms with Gasteiger partial charge in [-0.3, -0.25) is 0 Å². The number of rotatable bonds is 4. The van der Waals surface area contributed by atoms with E-state index in [-0.39, 0.29) is 15.4 Å². The van der Waals surface area contributed by atoms with Crippen molar-refractivity contribution < 1.29 is 9.16 Å². The third-order valence-corrected chi connectivity index (χ3v) is 2.54. The summed E-state index contributed by atoms with van der Waals surface area (Å²) >= 11 is 0. The lowest BCUT2D eigenvalue weighted by Crippen LogP contribution is -2.24. The van der Waals surface area contributed by atoms with Crippen molar-refractivity contribution in [3.8, 4) is 0 Å². The molecule has 1 aromatic carbocycles. The van der Waals surface area contributed by atoms with Gasteiger partial charge in [-0.2, -0.15) is 0 Å². The zero-order valence-corrected chi connectivity index (χ0v) is 10.1. The van der Waals surface area contributed by atoms with Crippen molar-refractivity contribution in [2.24, 2.45) is 0 Å². The molecule has 0 aliphatic heterocycles. The van der Waals surface area contributed by atoms with Crippen LogP contribution in [-0.4, -0.2) is 22.2 Å². The highest BCUT2D eigenvalue weighted by Crippen LogP contribution is 2.05. The van der Waals surface area contributed by atoms with E-state index in [4.69, 9.17) is 9.16 Å². The van der Waals surface area contributed by atoms with Gasteiger partial charge in [0, 0.05) is 0 Å². The van der Waals surface area contributed by atoms with E-state index in [1.807, 2.05) is 39.0 Å². The minimum Gasteiger partial charge on any atom is -0.393 e. The summed E-state index contributed by atoms with van der Waals surface area (Å²) in [7, 11) is -0.120. The summed E-state index contributed by atoms with van der Waals surface area (Å²) < 4.78 is 10.9. The highest BCUT2D eigenvalue weighted by atomic mass is 28.2. The predicted octanol–water partition coefficient (Wildman–Crippen LogP) is 1.45. The van der Waals surface area contributed by atoms with Gasteiger partial charge >= 0.3 is 0 Å². The summed E-state index contributed by atoms with van der Waals surface area (Å²) in [6.45, 7) is 6.45. The quantitative estimate of drug-likeness (QED) is 0.424. The Bertz CT molecular complexity index is 254. The first-order chi connectivity index (χ1) is 6.58. The molecular weight excluding hydrogens is 192 g/mol. The van der Waals surface area contributed by atoms with Crippen molar-refractivity contribution in [1.29, 1.82) is 0 Å². The first-order valence-corrected chi connectivity index (χ1v) is 5.77. The fourth-order valence-corrected chi connectivity index (χ4v) is 1.58. The number of hydrogen-bond acceptors (Lipinski definition) is 2. The molecule has 0 bridgehead atoms. The van der Waals surface area contributed by atoms with Crippen LogP contribution in [0.4, 0.5) is 0 Å². The molecule has 77 valence electrons. The average molecular weight is 209 g/mol. The number of benzene rings is 1. The van der Waals surface area contributed by atoms with Crippen molar-refractivity contribution >= 4 is 14.9 Å². The van der Waals surface area contributed by atoms with Gasteiger partial charge in [0.25, 0.3) is 0 Å². The second-order valence-corrected chi connectivity index (χ2v) is 5.31. The Labute approximate surface area is 88.2 Å². The smallest absolute Gasteiger partial charge is 0.231 e. The molecule has 3 heteroatoms. The van der Waals surface area contributed by atoms with Crippen LogP contribution in [0.15, 0.2) is 30.3 Å². The second-order valence-electron chi connectivity index (χ2n) is 4.07. The van der Waals surface area contributed by atoms with Gasteiger partial charge in [0.2, 0.25) is 9.76 Å². The van der Waals surface area contributed by atoms with E-state index < -0.39 is 0 Å². The molecule has 0 heterocycles. The molecule has 0 fully saturated rings. The van der Waals surface area contributed by atoms with Gasteiger partial charge in [0.15, 0.2) is 0 Å². The molecule has 1 rings (SSSR count). The van der Waals surface area contributed by atoms with E-state index in [1.54, 1.807) is 0 Å². The molecule has 0 spiro atoms. The molecule has 0 amide bonds. The number of hydrogen-bond donors (Lipinski definition) is 0. The maximum Gasteiger partial charge on any atom is 0.231 e. The summed E-state index contributed by atoms with van der Waals surface area (Å²) in [5.41, 5.74) is -0.115. The van der Waals surface area contributed by atoms with Crippen LogP contribution in [0, 0.1) is 0 Å². The molecule has 0 saturated heterocycles. The molecule has 0 aliphatic rings. The zero-order chi connectivity index (χ0) is 10.4. The van der Waals surface area contributed by atoms with Gasteiger partial charge in [-0.25, -0.2) is 0 Å². The van der Waals surface area contributed by atoms with E-state index in [0.29, 0.717) is 6.79 Å². The Morgan fingerprint density at radius 2 is 1.79 bits per heavy atom.